The van der Waals surface area contributed by atoms with Crippen LogP contribution >= 0.6 is 24.0 Å². The summed E-state index contributed by atoms with van der Waals surface area (Å²) in [6.45, 7) is 5.40. The molecule has 1 aromatic carbocycles. The number of fused-ring (bicyclic) bond motifs is 1. The van der Waals surface area contributed by atoms with E-state index in [2.05, 4.69) is 15.9 Å². The molecular weight excluding hydrogens is 397 g/mol. The maximum Gasteiger partial charge on any atom is 0.233 e. The van der Waals surface area contributed by atoms with Crippen LogP contribution in [0.1, 0.15) is 19.3 Å². The first-order chi connectivity index (χ1) is 13.1. The molecule has 2 saturated heterocycles. The quantitative estimate of drug-likeness (QED) is 0.538. The van der Waals surface area contributed by atoms with E-state index in [1.54, 1.807) is 0 Å². The van der Waals surface area contributed by atoms with E-state index in [1.165, 1.54) is 10.6 Å². The molecule has 0 bridgehead atoms. The highest BCUT2D eigenvalue weighted by Gasteiger charge is 2.46. The Labute approximate surface area is 177 Å². The summed E-state index contributed by atoms with van der Waals surface area (Å²) in [7, 11) is 0. The van der Waals surface area contributed by atoms with Crippen molar-refractivity contribution in [2.45, 2.75) is 19.3 Å². The molecule has 2 fully saturated rings. The second-order valence-corrected chi connectivity index (χ2v) is 8.08. The number of hydrogen-bond donors (Lipinski definition) is 0. The van der Waals surface area contributed by atoms with Gasteiger partial charge in [-0.15, -0.1) is 12.4 Å². The molecular formula is C21H27Cl2N3O2. The number of nitrogens with zero attached hydrogens (tertiary/aromatic N) is 3. The number of piperazine rings is 1. The smallest absolute Gasteiger partial charge is 0.233 e. The lowest BCUT2D eigenvalue weighted by Gasteiger charge is -2.36. The van der Waals surface area contributed by atoms with E-state index in [4.69, 9.17) is 11.6 Å². The number of anilines is 1. The number of allylic oxidation sites excluding steroid dienone is 2. The minimum atomic E-state index is -0.108. The summed E-state index contributed by atoms with van der Waals surface area (Å²) in [6, 6.07) is 7.99. The standard InChI is InChI=1S/C21H26ClN3O2.ClH/c22-16-5-3-6-17(15-16)24-13-11-23(12-14-24)9-4-10-25-20(26)18-7-1-2-8-19(18)21(25)27;/h1-3,5-6,15,18-19H,4,7-14H2;1H. The number of rotatable bonds is 5. The molecule has 0 aromatic heterocycles. The van der Waals surface area contributed by atoms with Crippen molar-refractivity contribution in [1.29, 1.82) is 0 Å². The molecule has 152 valence electrons. The lowest BCUT2D eigenvalue weighted by atomic mass is 9.85. The summed E-state index contributed by atoms with van der Waals surface area (Å²) in [4.78, 5) is 31.3. The average molecular weight is 424 g/mol. The van der Waals surface area contributed by atoms with Gasteiger partial charge in [0.05, 0.1) is 11.8 Å². The van der Waals surface area contributed by atoms with Gasteiger partial charge in [-0.05, 0) is 44.0 Å². The second-order valence-electron chi connectivity index (χ2n) is 7.65. The van der Waals surface area contributed by atoms with Crippen LogP contribution in [0.5, 0.6) is 0 Å². The Morgan fingerprint density at radius 1 is 0.929 bits per heavy atom. The molecule has 7 heteroatoms. The third-order valence-corrected chi connectivity index (χ3v) is 6.24. The van der Waals surface area contributed by atoms with Crippen molar-refractivity contribution in [3.8, 4) is 0 Å². The normalized spacial score (nSPS) is 25.0. The molecule has 1 aliphatic carbocycles. The lowest BCUT2D eigenvalue weighted by Crippen LogP contribution is -2.47. The van der Waals surface area contributed by atoms with Crippen LogP contribution in [0.25, 0.3) is 0 Å². The zero-order valence-corrected chi connectivity index (χ0v) is 17.5. The largest absolute Gasteiger partial charge is 0.369 e. The second kappa shape index (κ2) is 9.29. The van der Waals surface area contributed by atoms with Gasteiger partial charge >= 0.3 is 0 Å². The van der Waals surface area contributed by atoms with Crippen LogP contribution in [0.15, 0.2) is 36.4 Å². The predicted octanol–water partition coefficient (Wildman–Crippen LogP) is 3.23. The molecule has 28 heavy (non-hydrogen) atoms. The Morgan fingerprint density at radius 2 is 1.57 bits per heavy atom. The van der Waals surface area contributed by atoms with Crippen LogP contribution in [0.2, 0.25) is 5.02 Å². The summed E-state index contributed by atoms with van der Waals surface area (Å²) >= 11 is 6.09. The van der Waals surface area contributed by atoms with Crippen molar-refractivity contribution >= 4 is 41.5 Å². The maximum atomic E-state index is 12.5. The third-order valence-electron chi connectivity index (χ3n) is 6.00. The molecule has 1 aromatic rings. The van der Waals surface area contributed by atoms with Gasteiger partial charge in [0.25, 0.3) is 0 Å². The van der Waals surface area contributed by atoms with E-state index < -0.39 is 0 Å². The SMILES string of the molecule is Cl.O=C1C2CC=CCC2C(=O)N1CCCN1CCN(c2cccc(Cl)c2)CC1. The zero-order valence-electron chi connectivity index (χ0n) is 15.9. The summed E-state index contributed by atoms with van der Waals surface area (Å²) in [6.07, 6.45) is 6.36. The van der Waals surface area contributed by atoms with Gasteiger partial charge in [0, 0.05) is 43.4 Å². The van der Waals surface area contributed by atoms with Gasteiger partial charge in [-0.1, -0.05) is 29.8 Å². The molecule has 2 amide bonds. The molecule has 2 unspecified atom stereocenters. The minimum Gasteiger partial charge on any atom is -0.369 e. The van der Waals surface area contributed by atoms with Crippen LogP contribution in [-0.4, -0.2) is 60.9 Å². The van der Waals surface area contributed by atoms with Gasteiger partial charge in [-0.25, -0.2) is 0 Å². The number of carbonyl (C=O) groups is 2. The van der Waals surface area contributed by atoms with Crippen LogP contribution in [0.4, 0.5) is 5.69 Å². The molecule has 3 aliphatic rings. The van der Waals surface area contributed by atoms with Crippen molar-refractivity contribution < 1.29 is 9.59 Å². The van der Waals surface area contributed by atoms with Crippen molar-refractivity contribution in [3.05, 3.63) is 41.4 Å². The number of carbonyl (C=O) groups excluding carboxylic acids is 2. The van der Waals surface area contributed by atoms with Crippen LogP contribution in [0, 0.1) is 11.8 Å². The predicted molar refractivity (Wildman–Crippen MR) is 114 cm³/mol. The van der Waals surface area contributed by atoms with Gasteiger partial charge in [0.2, 0.25) is 11.8 Å². The van der Waals surface area contributed by atoms with Crippen LogP contribution in [0.3, 0.4) is 0 Å². The summed E-state index contributed by atoms with van der Waals surface area (Å²) in [5, 5.41) is 0.769. The Balaban J connectivity index is 0.00000225. The van der Waals surface area contributed by atoms with Gasteiger partial charge in [-0.2, -0.15) is 0 Å². The van der Waals surface area contributed by atoms with E-state index in [9.17, 15) is 9.59 Å². The monoisotopic (exact) mass is 423 g/mol. The topological polar surface area (TPSA) is 43.9 Å². The van der Waals surface area contributed by atoms with Crippen LogP contribution < -0.4 is 4.90 Å². The van der Waals surface area contributed by atoms with E-state index in [0.717, 1.165) is 57.0 Å². The van der Waals surface area contributed by atoms with E-state index in [1.807, 2.05) is 30.4 Å². The Kier molecular flexibility index (Phi) is 7.02. The average Bonchev–Trinajstić information content (AvgIpc) is 2.94. The Bertz CT molecular complexity index is 721. The zero-order chi connectivity index (χ0) is 18.8. The first-order valence-electron chi connectivity index (χ1n) is 9.86. The first kappa shape index (κ1) is 21.2. The molecule has 0 N–H and O–H groups in total. The van der Waals surface area contributed by atoms with E-state index in [-0.39, 0.29) is 36.1 Å². The van der Waals surface area contributed by atoms with E-state index >= 15 is 0 Å². The number of benzene rings is 1. The summed E-state index contributed by atoms with van der Waals surface area (Å²) in [5.41, 5.74) is 1.17. The van der Waals surface area contributed by atoms with Crippen molar-refractivity contribution in [3.63, 3.8) is 0 Å². The molecule has 0 saturated carbocycles. The number of likely N-dealkylation sites (tertiary alicyclic amines) is 1. The number of halogens is 2. The fraction of sp³-hybridized carbons (Fsp3) is 0.524. The maximum absolute atomic E-state index is 12.5. The minimum absolute atomic E-state index is 0. The molecule has 0 radical (unpaired) electrons. The molecule has 0 spiro atoms. The molecule has 4 rings (SSSR count). The lowest BCUT2D eigenvalue weighted by molar-refractivity contribution is -0.140. The summed E-state index contributed by atoms with van der Waals surface area (Å²) < 4.78 is 0. The van der Waals surface area contributed by atoms with E-state index in [0.29, 0.717) is 6.54 Å². The van der Waals surface area contributed by atoms with Crippen molar-refractivity contribution in [2.75, 3.05) is 44.2 Å². The highest BCUT2D eigenvalue weighted by atomic mass is 35.5. The highest BCUT2D eigenvalue weighted by molar-refractivity contribution is 6.30. The van der Waals surface area contributed by atoms with Gasteiger partial charge in [0.15, 0.2) is 0 Å². The fourth-order valence-corrected chi connectivity index (χ4v) is 4.63. The number of amides is 2. The summed E-state index contributed by atoms with van der Waals surface area (Å²) in [5.74, 6) is -0.132. The van der Waals surface area contributed by atoms with Gasteiger partial charge in [0.1, 0.15) is 0 Å². The molecule has 2 atom stereocenters. The van der Waals surface area contributed by atoms with Gasteiger partial charge in [-0.3, -0.25) is 19.4 Å². The van der Waals surface area contributed by atoms with Crippen molar-refractivity contribution in [2.24, 2.45) is 11.8 Å². The Morgan fingerprint density at radius 3 is 2.18 bits per heavy atom. The molecule has 2 heterocycles. The highest BCUT2D eigenvalue weighted by Crippen LogP contribution is 2.35. The third kappa shape index (κ3) is 4.37. The fourth-order valence-electron chi connectivity index (χ4n) is 4.44. The number of imide groups is 1. The number of hydrogen-bond acceptors (Lipinski definition) is 4. The van der Waals surface area contributed by atoms with Gasteiger partial charge < -0.3 is 4.90 Å². The molecule has 5 nitrogen and oxygen atoms in total. The first-order valence-corrected chi connectivity index (χ1v) is 10.2. The Hall–Kier alpha value is -1.56. The van der Waals surface area contributed by atoms with Crippen LogP contribution in [-0.2, 0) is 9.59 Å². The molecule has 2 aliphatic heterocycles. The van der Waals surface area contributed by atoms with Crippen molar-refractivity contribution in [1.82, 2.24) is 9.80 Å².